The van der Waals surface area contributed by atoms with Crippen LogP contribution in [0.3, 0.4) is 0 Å². The van der Waals surface area contributed by atoms with Gasteiger partial charge in [0, 0.05) is 29.9 Å². The van der Waals surface area contributed by atoms with Crippen LogP contribution < -0.4 is 10.7 Å². The third kappa shape index (κ3) is 3.11. The highest BCUT2D eigenvalue weighted by Crippen LogP contribution is 2.39. The summed E-state index contributed by atoms with van der Waals surface area (Å²) < 4.78 is 28.2. The molecule has 3 rings (SSSR count). The molecule has 2 atom stereocenters. The van der Waals surface area contributed by atoms with E-state index < -0.39 is 28.7 Å². The van der Waals surface area contributed by atoms with E-state index in [0.29, 0.717) is 24.5 Å². The van der Waals surface area contributed by atoms with Crippen LogP contribution in [0.25, 0.3) is 0 Å². The Morgan fingerprint density at radius 2 is 2.07 bits per heavy atom. The molecule has 1 amide bonds. The fourth-order valence-corrected chi connectivity index (χ4v) is 3.66. The van der Waals surface area contributed by atoms with Gasteiger partial charge in [0.1, 0.15) is 22.9 Å². The first-order valence-electron chi connectivity index (χ1n) is 8.44. The summed E-state index contributed by atoms with van der Waals surface area (Å²) in [4.78, 5) is 36.5. The number of aromatic nitrogens is 1. The van der Waals surface area contributed by atoms with E-state index in [1.165, 1.54) is 10.6 Å². The van der Waals surface area contributed by atoms with Gasteiger partial charge in [-0.15, -0.1) is 0 Å². The molecule has 1 aliphatic heterocycles. The zero-order chi connectivity index (χ0) is 19.9. The van der Waals surface area contributed by atoms with Crippen LogP contribution in [-0.4, -0.2) is 21.9 Å². The quantitative estimate of drug-likeness (QED) is 0.803. The first kappa shape index (κ1) is 18.8. The second-order valence-corrected chi connectivity index (χ2v) is 6.72. The highest BCUT2D eigenvalue weighted by Gasteiger charge is 2.35. The minimum absolute atomic E-state index is 0.0525. The molecule has 1 aliphatic rings. The standard InChI is InChI=1S/C19H18F2N2O4/c1-9-5-10(2)23-14(8-24)17(25)18(26)15(16(9)23)19(27)22-7-11-3-4-12(20)6-13(11)21/h3-4,6,8-10,25H,5,7H2,1-2H3,(H,22,27). The number of aromatic hydroxyl groups is 1. The first-order valence-corrected chi connectivity index (χ1v) is 8.44. The molecule has 0 fully saturated rings. The molecule has 0 aliphatic carbocycles. The highest BCUT2D eigenvalue weighted by atomic mass is 19.1. The van der Waals surface area contributed by atoms with E-state index in [4.69, 9.17) is 0 Å². The Morgan fingerprint density at radius 3 is 2.70 bits per heavy atom. The van der Waals surface area contributed by atoms with E-state index >= 15 is 0 Å². The van der Waals surface area contributed by atoms with Crippen LogP contribution in [0.5, 0.6) is 5.75 Å². The molecule has 2 heterocycles. The molecule has 1 aromatic heterocycles. The van der Waals surface area contributed by atoms with E-state index in [1.54, 1.807) is 0 Å². The smallest absolute Gasteiger partial charge is 0.257 e. The van der Waals surface area contributed by atoms with E-state index in [2.05, 4.69) is 5.32 Å². The molecule has 2 aromatic rings. The average Bonchev–Trinajstić information content (AvgIpc) is 2.89. The average molecular weight is 376 g/mol. The van der Waals surface area contributed by atoms with Crippen LogP contribution in [0.15, 0.2) is 23.0 Å². The predicted molar refractivity (Wildman–Crippen MR) is 93.0 cm³/mol. The zero-order valence-corrected chi connectivity index (χ0v) is 14.8. The number of nitrogens with one attached hydrogen (secondary N) is 1. The molecule has 6 nitrogen and oxygen atoms in total. The Labute approximate surface area is 153 Å². The van der Waals surface area contributed by atoms with Crippen LogP contribution in [-0.2, 0) is 6.54 Å². The van der Waals surface area contributed by atoms with Gasteiger partial charge in [0.25, 0.3) is 5.91 Å². The summed E-state index contributed by atoms with van der Waals surface area (Å²) in [5.74, 6) is -3.32. The monoisotopic (exact) mass is 376 g/mol. The van der Waals surface area contributed by atoms with Gasteiger partial charge in [-0.25, -0.2) is 8.78 Å². The van der Waals surface area contributed by atoms with Crippen LogP contribution in [0.2, 0.25) is 0 Å². The summed E-state index contributed by atoms with van der Waals surface area (Å²) in [6, 6.07) is 2.77. The molecular weight excluding hydrogens is 358 g/mol. The fourth-order valence-electron chi connectivity index (χ4n) is 3.66. The first-order chi connectivity index (χ1) is 12.8. The van der Waals surface area contributed by atoms with E-state index in [1.807, 2.05) is 13.8 Å². The van der Waals surface area contributed by atoms with Crippen molar-refractivity contribution >= 4 is 12.2 Å². The topological polar surface area (TPSA) is 88.4 Å². The van der Waals surface area contributed by atoms with Crippen molar-refractivity contribution < 1.29 is 23.5 Å². The van der Waals surface area contributed by atoms with Crippen molar-refractivity contribution in [2.24, 2.45) is 0 Å². The van der Waals surface area contributed by atoms with Gasteiger partial charge in [-0.2, -0.15) is 0 Å². The summed E-state index contributed by atoms with van der Waals surface area (Å²) in [6.07, 6.45) is 0.987. The molecule has 0 bridgehead atoms. The van der Waals surface area contributed by atoms with Gasteiger partial charge < -0.3 is 15.0 Å². The number of aldehydes is 1. The minimum Gasteiger partial charge on any atom is -0.503 e. The van der Waals surface area contributed by atoms with Gasteiger partial charge in [0.05, 0.1) is 0 Å². The number of amides is 1. The van der Waals surface area contributed by atoms with Gasteiger partial charge in [-0.1, -0.05) is 13.0 Å². The van der Waals surface area contributed by atoms with Crippen LogP contribution >= 0.6 is 0 Å². The summed E-state index contributed by atoms with van der Waals surface area (Å²) in [5.41, 5.74) is -0.951. The third-order valence-corrected chi connectivity index (χ3v) is 4.86. The number of halogens is 2. The Morgan fingerprint density at radius 1 is 1.37 bits per heavy atom. The lowest BCUT2D eigenvalue weighted by molar-refractivity contribution is 0.0945. The van der Waals surface area contributed by atoms with Crippen molar-refractivity contribution in [3.05, 3.63) is 62.6 Å². The highest BCUT2D eigenvalue weighted by molar-refractivity contribution is 5.97. The molecule has 1 aromatic carbocycles. The van der Waals surface area contributed by atoms with Crippen molar-refractivity contribution in [3.63, 3.8) is 0 Å². The summed E-state index contributed by atoms with van der Waals surface area (Å²) in [6.45, 7) is 3.38. The van der Waals surface area contributed by atoms with E-state index in [-0.39, 0.29) is 35.3 Å². The molecule has 0 saturated carbocycles. The van der Waals surface area contributed by atoms with E-state index in [0.717, 1.165) is 6.07 Å². The number of benzene rings is 1. The predicted octanol–water partition coefficient (Wildman–Crippen LogP) is 2.64. The minimum atomic E-state index is -0.943. The number of carbonyl (C=O) groups excluding carboxylic acids is 2. The van der Waals surface area contributed by atoms with Gasteiger partial charge in [0.15, 0.2) is 12.0 Å². The van der Waals surface area contributed by atoms with Gasteiger partial charge >= 0.3 is 0 Å². The third-order valence-electron chi connectivity index (χ3n) is 4.86. The second kappa shape index (κ2) is 6.94. The van der Waals surface area contributed by atoms with Crippen molar-refractivity contribution in [2.45, 2.75) is 38.8 Å². The van der Waals surface area contributed by atoms with Crippen LogP contribution in [0.4, 0.5) is 8.78 Å². The largest absolute Gasteiger partial charge is 0.503 e. The van der Waals surface area contributed by atoms with E-state index in [9.17, 15) is 28.3 Å². The van der Waals surface area contributed by atoms with Crippen molar-refractivity contribution in [3.8, 4) is 5.75 Å². The summed E-state index contributed by atoms with van der Waals surface area (Å²) in [5, 5.41) is 12.5. The normalized spacial score (nSPS) is 18.2. The van der Waals surface area contributed by atoms with Crippen LogP contribution in [0.1, 0.15) is 64.3 Å². The number of hydrogen-bond donors (Lipinski definition) is 2. The Kier molecular flexibility index (Phi) is 4.82. The lowest BCUT2D eigenvalue weighted by Crippen LogP contribution is -2.32. The number of pyridine rings is 1. The maximum absolute atomic E-state index is 13.7. The molecule has 8 heteroatoms. The SMILES string of the molecule is CC1CC(C)n2c(C=O)c(O)c(=O)c(C(=O)NCc3ccc(F)cc3F)c21. The summed E-state index contributed by atoms with van der Waals surface area (Å²) in [7, 11) is 0. The second-order valence-electron chi connectivity index (χ2n) is 6.72. The molecule has 0 saturated heterocycles. The Hall–Kier alpha value is -3.03. The number of rotatable bonds is 4. The Balaban J connectivity index is 2.01. The molecular formula is C19H18F2N2O4. The maximum Gasteiger partial charge on any atom is 0.257 e. The molecule has 2 N–H and O–H groups in total. The molecule has 0 radical (unpaired) electrons. The molecule has 142 valence electrons. The molecule has 27 heavy (non-hydrogen) atoms. The number of carbonyl (C=O) groups is 2. The fraction of sp³-hybridized carbons (Fsp3) is 0.316. The van der Waals surface area contributed by atoms with Gasteiger partial charge in [-0.3, -0.25) is 14.4 Å². The number of hydrogen-bond acceptors (Lipinski definition) is 4. The van der Waals surface area contributed by atoms with Crippen LogP contribution in [0, 0.1) is 11.6 Å². The molecule has 0 spiro atoms. The zero-order valence-electron chi connectivity index (χ0n) is 14.8. The van der Waals surface area contributed by atoms with Gasteiger partial charge in [0.2, 0.25) is 5.43 Å². The van der Waals surface area contributed by atoms with Gasteiger partial charge in [-0.05, 0) is 25.3 Å². The maximum atomic E-state index is 13.7. The van der Waals surface area contributed by atoms with Crippen molar-refractivity contribution in [1.29, 1.82) is 0 Å². The number of fused-ring (bicyclic) bond motifs is 1. The lowest BCUT2D eigenvalue weighted by atomic mass is 9.99. The molecule has 2 unspecified atom stereocenters. The van der Waals surface area contributed by atoms with Crippen molar-refractivity contribution in [2.75, 3.05) is 0 Å². The lowest BCUT2D eigenvalue weighted by Gasteiger charge is -2.18. The number of nitrogens with zero attached hydrogens (tertiary/aromatic N) is 1. The summed E-state index contributed by atoms with van der Waals surface area (Å²) >= 11 is 0. The van der Waals surface area contributed by atoms with Crippen molar-refractivity contribution in [1.82, 2.24) is 9.88 Å². The Bertz CT molecular complexity index is 1000.